The second-order valence-electron chi connectivity index (χ2n) is 7.01. The van der Waals surface area contributed by atoms with Crippen LogP contribution in [0.25, 0.3) is 0 Å². The van der Waals surface area contributed by atoms with E-state index in [0.29, 0.717) is 32.0 Å². The Labute approximate surface area is 141 Å². The first-order valence-electron chi connectivity index (χ1n) is 8.54. The lowest BCUT2D eigenvalue weighted by atomic mass is 9.94. The van der Waals surface area contributed by atoms with Crippen molar-refractivity contribution in [3.63, 3.8) is 0 Å². The van der Waals surface area contributed by atoms with Gasteiger partial charge in [-0.3, -0.25) is 0 Å². The summed E-state index contributed by atoms with van der Waals surface area (Å²) >= 11 is 0. The highest BCUT2D eigenvalue weighted by molar-refractivity contribution is 5.74. The van der Waals surface area contributed by atoms with E-state index in [4.69, 9.17) is 4.74 Å². The van der Waals surface area contributed by atoms with Crippen LogP contribution in [0.1, 0.15) is 37.3 Å². The predicted octanol–water partition coefficient (Wildman–Crippen LogP) is 2.46. The van der Waals surface area contributed by atoms with Gasteiger partial charge in [-0.15, -0.1) is 0 Å². The standard InChI is InChI=1S/C18H25FN2O3/c1-21(12-18(23)8-10-24-11-9-18)17(22)20-16(13-2-3-13)14-4-6-15(19)7-5-14/h4-7,13,16,23H,2-3,8-12H2,1H3,(H,20,22)/t16-/m0/s1. The molecule has 1 aliphatic carbocycles. The third-order valence-corrected chi connectivity index (χ3v) is 4.90. The summed E-state index contributed by atoms with van der Waals surface area (Å²) in [7, 11) is 1.69. The second kappa shape index (κ2) is 7.07. The molecule has 1 saturated heterocycles. The van der Waals surface area contributed by atoms with E-state index in [1.54, 1.807) is 19.2 Å². The van der Waals surface area contributed by atoms with Crippen LogP contribution in [0, 0.1) is 11.7 Å². The molecule has 2 amide bonds. The molecule has 6 heteroatoms. The lowest BCUT2D eigenvalue weighted by Gasteiger charge is -2.36. The van der Waals surface area contributed by atoms with Crippen molar-refractivity contribution >= 4 is 6.03 Å². The summed E-state index contributed by atoms with van der Waals surface area (Å²) in [6.07, 6.45) is 3.20. The zero-order chi connectivity index (χ0) is 17.2. The molecule has 0 bridgehead atoms. The Morgan fingerprint density at radius 1 is 1.38 bits per heavy atom. The first-order chi connectivity index (χ1) is 11.5. The van der Waals surface area contributed by atoms with E-state index in [1.165, 1.54) is 17.0 Å². The largest absolute Gasteiger partial charge is 0.388 e. The number of urea groups is 1. The number of likely N-dealkylation sites (N-methyl/N-ethyl adjacent to an activating group) is 1. The fourth-order valence-corrected chi connectivity index (χ4v) is 3.24. The summed E-state index contributed by atoms with van der Waals surface area (Å²) in [5.41, 5.74) is 0.0420. The van der Waals surface area contributed by atoms with Gasteiger partial charge in [-0.1, -0.05) is 12.1 Å². The Bertz CT molecular complexity index is 568. The lowest BCUT2D eigenvalue weighted by Crippen LogP contribution is -2.50. The van der Waals surface area contributed by atoms with Gasteiger partial charge in [0.25, 0.3) is 0 Å². The highest BCUT2D eigenvalue weighted by Gasteiger charge is 2.36. The lowest BCUT2D eigenvalue weighted by molar-refractivity contribution is -0.0723. The monoisotopic (exact) mass is 336 g/mol. The second-order valence-corrected chi connectivity index (χ2v) is 7.01. The van der Waals surface area contributed by atoms with Gasteiger partial charge in [0.15, 0.2) is 0 Å². The van der Waals surface area contributed by atoms with Crippen molar-refractivity contribution in [2.24, 2.45) is 5.92 Å². The molecule has 1 aromatic carbocycles. The van der Waals surface area contributed by atoms with Gasteiger partial charge in [0.05, 0.1) is 18.2 Å². The minimum absolute atomic E-state index is 0.107. The number of nitrogens with one attached hydrogen (secondary N) is 1. The molecule has 132 valence electrons. The highest BCUT2D eigenvalue weighted by Crippen LogP contribution is 2.41. The molecule has 1 aliphatic heterocycles. The summed E-state index contributed by atoms with van der Waals surface area (Å²) in [4.78, 5) is 14.1. The maximum absolute atomic E-state index is 13.1. The van der Waals surface area contributed by atoms with E-state index in [2.05, 4.69) is 5.32 Å². The van der Waals surface area contributed by atoms with Crippen LogP contribution < -0.4 is 5.32 Å². The summed E-state index contributed by atoms with van der Waals surface area (Å²) in [6.45, 7) is 1.32. The van der Waals surface area contributed by atoms with Crippen molar-refractivity contribution in [3.05, 3.63) is 35.6 Å². The summed E-state index contributed by atoms with van der Waals surface area (Å²) in [5, 5.41) is 13.6. The number of ether oxygens (including phenoxy) is 1. The summed E-state index contributed by atoms with van der Waals surface area (Å²) in [6, 6.07) is 5.98. The molecule has 0 unspecified atom stereocenters. The predicted molar refractivity (Wildman–Crippen MR) is 88.0 cm³/mol. The molecule has 0 radical (unpaired) electrons. The van der Waals surface area contributed by atoms with Crippen LogP contribution in [0.5, 0.6) is 0 Å². The van der Waals surface area contributed by atoms with E-state index >= 15 is 0 Å². The number of hydrogen-bond acceptors (Lipinski definition) is 3. The molecule has 1 heterocycles. The summed E-state index contributed by atoms with van der Waals surface area (Å²) in [5.74, 6) is 0.123. The van der Waals surface area contributed by atoms with Gasteiger partial charge in [0.2, 0.25) is 0 Å². The zero-order valence-electron chi connectivity index (χ0n) is 14.0. The summed E-state index contributed by atoms with van der Waals surface area (Å²) < 4.78 is 18.4. The number of halogens is 1. The Balaban J connectivity index is 1.61. The zero-order valence-corrected chi connectivity index (χ0v) is 14.0. The molecule has 2 aliphatic rings. The number of aliphatic hydroxyl groups is 1. The smallest absolute Gasteiger partial charge is 0.317 e. The molecular weight excluding hydrogens is 311 g/mol. The SMILES string of the molecule is CN(CC1(O)CCOCC1)C(=O)N[C@H](c1ccc(F)cc1)C1CC1. The van der Waals surface area contributed by atoms with Gasteiger partial charge in [-0.2, -0.15) is 0 Å². The quantitative estimate of drug-likeness (QED) is 0.868. The van der Waals surface area contributed by atoms with Gasteiger partial charge in [0, 0.05) is 33.1 Å². The third-order valence-electron chi connectivity index (χ3n) is 4.90. The van der Waals surface area contributed by atoms with Crippen LogP contribution in [0.15, 0.2) is 24.3 Å². The van der Waals surface area contributed by atoms with Gasteiger partial charge in [0.1, 0.15) is 5.82 Å². The molecule has 0 aromatic heterocycles. The van der Waals surface area contributed by atoms with Crippen molar-refractivity contribution < 1.29 is 19.0 Å². The number of carbonyl (C=O) groups excluding carboxylic acids is 1. The van der Waals surface area contributed by atoms with Crippen LogP contribution in [-0.2, 0) is 4.74 Å². The molecule has 2 fully saturated rings. The Hall–Kier alpha value is -1.66. The molecule has 1 saturated carbocycles. The van der Waals surface area contributed by atoms with Crippen molar-refractivity contribution in [3.8, 4) is 0 Å². The molecule has 1 aromatic rings. The minimum Gasteiger partial charge on any atom is -0.388 e. The third kappa shape index (κ3) is 4.24. The molecule has 0 spiro atoms. The van der Waals surface area contributed by atoms with Crippen LogP contribution in [0.2, 0.25) is 0 Å². The van der Waals surface area contributed by atoms with Crippen LogP contribution in [-0.4, -0.2) is 48.4 Å². The normalized spacial score (nSPS) is 21.1. The Morgan fingerprint density at radius 3 is 2.58 bits per heavy atom. The number of amides is 2. The maximum Gasteiger partial charge on any atom is 0.317 e. The molecule has 2 N–H and O–H groups in total. The van der Waals surface area contributed by atoms with Crippen LogP contribution >= 0.6 is 0 Å². The fraction of sp³-hybridized carbons (Fsp3) is 0.611. The minimum atomic E-state index is -0.880. The van der Waals surface area contributed by atoms with Gasteiger partial charge in [-0.05, 0) is 36.5 Å². The van der Waals surface area contributed by atoms with Crippen molar-refractivity contribution in [2.45, 2.75) is 37.3 Å². The fourth-order valence-electron chi connectivity index (χ4n) is 3.24. The topological polar surface area (TPSA) is 61.8 Å². The van der Waals surface area contributed by atoms with Gasteiger partial charge < -0.3 is 20.1 Å². The highest BCUT2D eigenvalue weighted by atomic mass is 19.1. The van der Waals surface area contributed by atoms with Crippen LogP contribution in [0.4, 0.5) is 9.18 Å². The van der Waals surface area contributed by atoms with Crippen molar-refractivity contribution in [1.82, 2.24) is 10.2 Å². The average molecular weight is 336 g/mol. The van der Waals surface area contributed by atoms with Gasteiger partial charge >= 0.3 is 6.03 Å². The number of carbonyl (C=O) groups is 1. The first-order valence-corrected chi connectivity index (χ1v) is 8.54. The first kappa shape index (κ1) is 17.2. The van der Waals surface area contributed by atoms with E-state index in [-0.39, 0.29) is 24.4 Å². The molecule has 1 atom stereocenters. The number of rotatable bonds is 5. The molecular formula is C18H25FN2O3. The number of hydrogen-bond donors (Lipinski definition) is 2. The maximum atomic E-state index is 13.1. The van der Waals surface area contributed by atoms with E-state index < -0.39 is 5.60 Å². The molecule has 3 rings (SSSR count). The Morgan fingerprint density at radius 2 is 2.00 bits per heavy atom. The van der Waals surface area contributed by atoms with E-state index in [1.807, 2.05) is 0 Å². The van der Waals surface area contributed by atoms with Crippen molar-refractivity contribution in [1.29, 1.82) is 0 Å². The Kier molecular flexibility index (Phi) is 5.06. The number of benzene rings is 1. The number of nitrogens with zero attached hydrogens (tertiary/aromatic N) is 1. The average Bonchev–Trinajstić information content (AvgIpc) is 3.38. The van der Waals surface area contributed by atoms with Gasteiger partial charge in [-0.25, -0.2) is 9.18 Å². The van der Waals surface area contributed by atoms with E-state index in [0.717, 1.165) is 18.4 Å². The van der Waals surface area contributed by atoms with E-state index in [9.17, 15) is 14.3 Å². The molecule has 24 heavy (non-hydrogen) atoms. The molecule has 5 nitrogen and oxygen atoms in total. The van der Waals surface area contributed by atoms with Crippen molar-refractivity contribution in [2.75, 3.05) is 26.8 Å². The van der Waals surface area contributed by atoms with Crippen LogP contribution in [0.3, 0.4) is 0 Å².